The Kier molecular flexibility index (Phi) is 6.16. The molecular weight excluding hydrogens is 431 g/mol. The summed E-state index contributed by atoms with van der Waals surface area (Å²) in [6.07, 6.45) is 1.62. The van der Waals surface area contributed by atoms with Crippen molar-refractivity contribution in [1.29, 1.82) is 0 Å². The second kappa shape index (κ2) is 9.35. The molecule has 168 valence electrons. The SMILES string of the molecule is Cc1ccc(OCc2ccc(C(=O)Nc3ccn(Cc4ccccc4F)n3)o2)c([N+](=O)[O-])c1. The Hall–Kier alpha value is -4.47. The molecule has 10 heteroatoms. The maximum Gasteiger partial charge on any atom is 0.311 e. The van der Waals surface area contributed by atoms with Crippen LogP contribution >= 0.6 is 0 Å². The molecule has 4 aromatic rings. The average Bonchev–Trinajstić information content (AvgIpc) is 3.44. The molecule has 0 spiro atoms. The molecule has 0 radical (unpaired) electrons. The van der Waals surface area contributed by atoms with Crippen molar-refractivity contribution in [2.24, 2.45) is 0 Å². The number of amides is 1. The van der Waals surface area contributed by atoms with Crippen LogP contribution in [0.5, 0.6) is 5.75 Å². The van der Waals surface area contributed by atoms with Crippen molar-refractivity contribution in [2.45, 2.75) is 20.1 Å². The van der Waals surface area contributed by atoms with Crippen molar-refractivity contribution in [3.05, 3.63) is 105 Å². The van der Waals surface area contributed by atoms with Crippen molar-refractivity contribution in [2.75, 3.05) is 5.32 Å². The maximum atomic E-state index is 13.8. The number of furan rings is 1. The third-order valence-corrected chi connectivity index (χ3v) is 4.74. The molecule has 0 unspecified atom stereocenters. The topological polar surface area (TPSA) is 112 Å². The zero-order valence-electron chi connectivity index (χ0n) is 17.5. The molecule has 0 saturated carbocycles. The summed E-state index contributed by atoms with van der Waals surface area (Å²) in [5.74, 6) is -0.136. The van der Waals surface area contributed by atoms with Crippen LogP contribution < -0.4 is 10.1 Å². The first kappa shape index (κ1) is 21.8. The second-order valence-electron chi connectivity index (χ2n) is 7.23. The van der Waals surface area contributed by atoms with Crippen LogP contribution in [0.1, 0.15) is 27.4 Å². The number of aryl methyl sites for hydroxylation is 1. The molecular formula is C23H19FN4O5. The third kappa shape index (κ3) is 5.24. The summed E-state index contributed by atoms with van der Waals surface area (Å²) in [6.45, 7) is 1.88. The van der Waals surface area contributed by atoms with Gasteiger partial charge in [-0.25, -0.2) is 4.39 Å². The van der Waals surface area contributed by atoms with E-state index in [2.05, 4.69) is 10.4 Å². The number of aromatic nitrogens is 2. The molecule has 4 rings (SSSR count). The van der Waals surface area contributed by atoms with E-state index in [0.717, 1.165) is 5.56 Å². The molecule has 2 aromatic heterocycles. The summed E-state index contributed by atoms with van der Waals surface area (Å²) >= 11 is 0. The van der Waals surface area contributed by atoms with Gasteiger partial charge in [-0.1, -0.05) is 24.3 Å². The van der Waals surface area contributed by atoms with Crippen LogP contribution in [0.4, 0.5) is 15.9 Å². The lowest BCUT2D eigenvalue weighted by Gasteiger charge is -2.06. The molecule has 2 aromatic carbocycles. The van der Waals surface area contributed by atoms with E-state index in [0.29, 0.717) is 11.3 Å². The normalized spacial score (nSPS) is 10.7. The van der Waals surface area contributed by atoms with Crippen LogP contribution in [0.3, 0.4) is 0 Å². The molecule has 0 saturated heterocycles. The summed E-state index contributed by atoms with van der Waals surface area (Å²) in [4.78, 5) is 23.1. The molecule has 0 fully saturated rings. The minimum atomic E-state index is -0.529. The number of rotatable bonds is 8. The van der Waals surface area contributed by atoms with E-state index in [-0.39, 0.29) is 42.0 Å². The van der Waals surface area contributed by atoms with E-state index in [1.807, 2.05) is 0 Å². The van der Waals surface area contributed by atoms with Gasteiger partial charge >= 0.3 is 5.69 Å². The Morgan fingerprint density at radius 1 is 1.21 bits per heavy atom. The van der Waals surface area contributed by atoms with Gasteiger partial charge in [0.1, 0.15) is 18.2 Å². The lowest BCUT2D eigenvalue weighted by atomic mass is 10.2. The number of carbonyl (C=O) groups excluding carboxylic acids is 1. The second-order valence-corrected chi connectivity index (χ2v) is 7.23. The van der Waals surface area contributed by atoms with Crippen LogP contribution in [0, 0.1) is 22.9 Å². The van der Waals surface area contributed by atoms with Crippen molar-refractivity contribution in [3.8, 4) is 5.75 Å². The highest BCUT2D eigenvalue weighted by atomic mass is 19.1. The standard InChI is InChI=1S/C23H19FN4O5/c1-15-6-8-20(19(12-15)28(30)31)32-14-17-7-9-21(33-17)23(29)25-22-10-11-27(26-22)13-16-4-2-3-5-18(16)24/h2-12H,13-14H2,1H3,(H,25,26,29). The van der Waals surface area contributed by atoms with Gasteiger partial charge in [0.2, 0.25) is 0 Å². The first-order valence-corrected chi connectivity index (χ1v) is 9.94. The Morgan fingerprint density at radius 2 is 2.03 bits per heavy atom. The number of anilines is 1. The fourth-order valence-electron chi connectivity index (χ4n) is 3.11. The zero-order valence-corrected chi connectivity index (χ0v) is 17.5. The number of benzene rings is 2. The minimum Gasteiger partial charge on any atom is -0.479 e. The number of carbonyl (C=O) groups is 1. The van der Waals surface area contributed by atoms with Gasteiger partial charge in [-0.3, -0.25) is 19.6 Å². The highest BCUT2D eigenvalue weighted by Crippen LogP contribution is 2.28. The molecule has 0 atom stereocenters. The highest BCUT2D eigenvalue weighted by Gasteiger charge is 2.17. The van der Waals surface area contributed by atoms with Gasteiger partial charge in [0.25, 0.3) is 5.91 Å². The Bertz CT molecular complexity index is 1310. The van der Waals surface area contributed by atoms with Gasteiger partial charge in [-0.15, -0.1) is 0 Å². The monoisotopic (exact) mass is 450 g/mol. The van der Waals surface area contributed by atoms with E-state index in [4.69, 9.17) is 9.15 Å². The maximum absolute atomic E-state index is 13.8. The molecule has 9 nitrogen and oxygen atoms in total. The van der Waals surface area contributed by atoms with Crippen LogP contribution in [-0.4, -0.2) is 20.6 Å². The van der Waals surface area contributed by atoms with Crippen molar-refractivity contribution in [3.63, 3.8) is 0 Å². The lowest BCUT2D eigenvalue weighted by molar-refractivity contribution is -0.386. The number of hydrogen-bond acceptors (Lipinski definition) is 6. The number of nitro benzene ring substituents is 1. The van der Waals surface area contributed by atoms with Gasteiger partial charge in [-0.2, -0.15) is 5.10 Å². The summed E-state index contributed by atoms with van der Waals surface area (Å²) in [7, 11) is 0. The fourth-order valence-corrected chi connectivity index (χ4v) is 3.11. The Labute approximate surface area is 187 Å². The summed E-state index contributed by atoms with van der Waals surface area (Å²) in [5.41, 5.74) is 1.07. The molecule has 0 aliphatic carbocycles. The predicted molar refractivity (Wildman–Crippen MR) is 117 cm³/mol. The molecule has 0 aliphatic rings. The van der Waals surface area contributed by atoms with Crippen molar-refractivity contribution >= 4 is 17.4 Å². The van der Waals surface area contributed by atoms with Gasteiger partial charge in [0.05, 0.1) is 11.5 Å². The molecule has 1 N–H and O–H groups in total. The Morgan fingerprint density at radius 3 is 2.82 bits per heavy atom. The van der Waals surface area contributed by atoms with Gasteiger partial charge in [0, 0.05) is 23.9 Å². The first-order valence-electron chi connectivity index (χ1n) is 9.94. The number of hydrogen-bond donors (Lipinski definition) is 1. The number of halogens is 1. The minimum absolute atomic E-state index is 0.0238. The highest BCUT2D eigenvalue weighted by molar-refractivity contribution is 6.01. The smallest absolute Gasteiger partial charge is 0.311 e. The molecule has 2 heterocycles. The number of nitrogens with one attached hydrogen (secondary N) is 1. The zero-order chi connectivity index (χ0) is 23.4. The molecule has 0 bridgehead atoms. The number of nitrogens with zero attached hydrogens (tertiary/aromatic N) is 3. The predicted octanol–water partition coefficient (Wildman–Crippen LogP) is 4.71. The Balaban J connectivity index is 1.36. The molecule has 1 amide bonds. The quantitative estimate of drug-likeness (QED) is 0.307. The number of nitro groups is 1. The van der Waals surface area contributed by atoms with E-state index in [9.17, 15) is 19.3 Å². The summed E-state index contributed by atoms with van der Waals surface area (Å²) in [5, 5.41) is 18.0. The third-order valence-electron chi connectivity index (χ3n) is 4.74. The van der Waals surface area contributed by atoms with Crippen LogP contribution in [0.15, 0.2) is 71.3 Å². The van der Waals surface area contributed by atoms with E-state index >= 15 is 0 Å². The average molecular weight is 450 g/mol. The fraction of sp³-hybridized carbons (Fsp3) is 0.130. The van der Waals surface area contributed by atoms with E-state index in [1.165, 1.54) is 28.9 Å². The summed E-state index contributed by atoms with van der Waals surface area (Å²) < 4.78 is 26.3. The summed E-state index contributed by atoms with van der Waals surface area (Å²) in [6, 6.07) is 15.6. The van der Waals surface area contributed by atoms with Gasteiger partial charge in [-0.05, 0) is 36.8 Å². The van der Waals surface area contributed by atoms with Crippen LogP contribution in [0.25, 0.3) is 0 Å². The lowest BCUT2D eigenvalue weighted by Crippen LogP contribution is -2.12. The van der Waals surface area contributed by atoms with Gasteiger partial charge in [0.15, 0.2) is 17.3 Å². The first-order chi connectivity index (χ1) is 15.9. The van der Waals surface area contributed by atoms with Crippen molar-refractivity contribution in [1.82, 2.24) is 9.78 Å². The number of ether oxygens (including phenoxy) is 1. The van der Waals surface area contributed by atoms with Crippen molar-refractivity contribution < 1.29 is 23.3 Å². The van der Waals surface area contributed by atoms with E-state index in [1.54, 1.807) is 49.5 Å². The largest absolute Gasteiger partial charge is 0.479 e. The van der Waals surface area contributed by atoms with Crippen LogP contribution in [0.2, 0.25) is 0 Å². The molecule has 0 aliphatic heterocycles. The molecule has 33 heavy (non-hydrogen) atoms. The van der Waals surface area contributed by atoms with Gasteiger partial charge < -0.3 is 14.5 Å². The van der Waals surface area contributed by atoms with Crippen LogP contribution in [-0.2, 0) is 13.2 Å². The van der Waals surface area contributed by atoms with E-state index < -0.39 is 10.8 Å².